The number of anilines is 1. The molecule has 1 aliphatic heterocycles. The Morgan fingerprint density at radius 2 is 2.22 bits per heavy atom. The summed E-state index contributed by atoms with van der Waals surface area (Å²) >= 11 is 5.95. The van der Waals surface area contributed by atoms with Crippen LogP contribution in [-0.2, 0) is 9.59 Å². The van der Waals surface area contributed by atoms with Crippen LogP contribution >= 0.6 is 11.6 Å². The molecule has 5 nitrogen and oxygen atoms in total. The van der Waals surface area contributed by atoms with Crippen LogP contribution in [-0.4, -0.2) is 38.0 Å². The van der Waals surface area contributed by atoms with Gasteiger partial charge in [0, 0.05) is 0 Å². The predicted octanol–water partition coefficient (Wildman–Crippen LogP) is -0.707. The molecule has 0 saturated carbocycles. The molecule has 1 atom stereocenters. The van der Waals surface area contributed by atoms with E-state index in [2.05, 4.69) is 10.6 Å². The standard InChI is InChI=1S/C12H14ClN3O2/c13-9-3-1-2-4-10(9)15-12(18)8-16-6-5-14-11(17)7-16/h1-4H,5-8H2,(H,14,17)(H,15,18)/p+1. The molecule has 0 radical (unpaired) electrons. The summed E-state index contributed by atoms with van der Waals surface area (Å²) in [4.78, 5) is 24.0. The molecule has 1 heterocycles. The maximum Gasteiger partial charge on any atom is 0.279 e. The summed E-state index contributed by atoms with van der Waals surface area (Å²) in [5.74, 6) is -0.144. The summed E-state index contributed by atoms with van der Waals surface area (Å²) in [5.41, 5.74) is 0.602. The third-order valence-corrected chi connectivity index (χ3v) is 3.10. The molecule has 0 bridgehead atoms. The summed E-state index contributed by atoms with van der Waals surface area (Å²) in [7, 11) is 0. The third kappa shape index (κ3) is 3.45. The van der Waals surface area contributed by atoms with Crippen molar-refractivity contribution in [2.45, 2.75) is 0 Å². The number of hydrogen-bond acceptors (Lipinski definition) is 2. The number of piperazine rings is 1. The Morgan fingerprint density at radius 1 is 1.44 bits per heavy atom. The predicted molar refractivity (Wildman–Crippen MR) is 68.7 cm³/mol. The highest BCUT2D eigenvalue weighted by Gasteiger charge is 2.22. The minimum Gasteiger partial charge on any atom is -0.346 e. The first-order chi connectivity index (χ1) is 8.65. The lowest BCUT2D eigenvalue weighted by Gasteiger charge is -2.22. The molecule has 0 aliphatic carbocycles. The molecule has 6 heteroatoms. The Hall–Kier alpha value is -1.59. The van der Waals surface area contributed by atoms with Crippen molar-refractivity contribution < 1.29 is 14.5 Å². The summed E-state index contributed by atoms with van der Waals surface area (Å²) < 4.78 is 0. The molecule has 2 amide bonds. The van der Waals surface area contributed by atoms with Gasteiger partial charge in [-0.2, -0.15) is 0 Å². The van der Waals surface area contributed by atoms with Crippen LogP contribution < -0.4 is 15.5 Å². The Labute approximate surface area is 110 Å². The number of halogens is 1. The van der Waals surface area contributed by atoms with Crippen LogP contribution in [0.4, 0.5) is 5.69 Å². The molecule has 3 N–H and O–H groups in total. The first kappa shape index (κ1) is 12.9. The van der Waals surface area contributed by atoms with Gasteiger partial charge in [-0.15, -0.1) is 0 Å². The van der Waals surface area contributed by atoms with E-state index in [0.717, 1.165) is 11.4 Å². The van der Waals surface area contributed by atoms with E-state index in [-0.39, 0.29) is 18.4 Å². The van der Waals surface area contributed by atoms with Crippen molar-refractivity contribution in [3.05, 3.63) is 29.3 Å². The van der Waals surface area contributed by atoms with Crippen molar-refractivity contribution in [1.29, 1.82) is 0 Å². The number of carbonyl (C=O) groups is 2. The lowest BCUT2D eigenvalue weighted by Crippen LogP contribution is -3.16. The van der Waals surface area contributed by atoms with Crippen LogP contribution in [0.2, 0.25) is 5.02 Å². The highest BCUT2D eigenvalue weighted by molar-refractivity contribution is 6.33. The van der Waals surface area contributed by atoms with Gasteiger partial charge in [-0.25, -0.2) is 0 Å². The van der Waals surface area contributed by atoms with E-state index in [1.165, 1.54) is 0 Å². The van der Waals surface area contributed by atoms with E-state index < -0.39 is 0 Å². The molecule has 0 aromatic heterocycles. The fraction of sp³-hybridized carbons (Fsp3) is 0.333. The molecule has 0 spiro atoms. The van der Waals surface area contributed by atoms with Gasteiger partial charge in [0.1, 0.15) is 0 Å². The first-order valence-corrected chi connectivity index (χ1v) is 6.17. The second-order valence-electron chi connectivity index (χ2n) is 4.23. The van der Waals surface area contributed by atoms with Gasteiger partial charge in [0.25, 0.3) is 11.8 Å². The average molecular weight is 269 g/mol. The number of quaternary nitrogens is 1. The molecule has 1 fully saturated rings. The van der Waals surface area contributed by atoms with Crippen LogP contribution in [0.3, 0.4) is 0 Å². The quantitative estimate of drug-likeness (QED) is 0.678. The Bertz CT molecular complexity index is 464. The Balaban J connectivity index is 1.89. The van der Waals surface area contributed by atoms with E-state index in [1.54, 1.807) is 18.2 Å². The zero-order chi connectivity index (χ0) is 13.0. The molecule has 2 rings (SSSR count). The van der Waals surface area contributed by atoms with Gasteiger partial charge in [-0.3, -0.25) is 9.59 Å². The van der Waals surface area contributed by atoms with Crippen molar-refractivity contribution in [1.82, 2.24) is 5.32 Å². The SMILES string of the molecule is O=C1C[NH+](CC(=O)Nc2ccccc2Cl)CCN1. The number of hydrogen-bond donors (Lipinski definition) is 3. The van der Waals surface area contributed by atoms with Crippen LogP contribution in [0.15, 0.2) is 24.3 Å². The zero-order valence-electron chi connectivity index (χ0n) is 9.83. The molecule has 1 saturated heterocycles. The van der Waals surface area contributed by atoms with Crippen molar-refractivity contribution >= 4 is 29.1 Å². The highest BCUT2D eigenvalue weighted by atomic mass is 35.5. The molecule has 18 heavy (non-hydrogen) atoms. The largest absolute Gasteiger partial charge is 0.346 e. The van der Waals surface area contributed by atoms with Crippen molar-refractivity contribution in [3.8, 4) is 0 Å². The number of nitrogens with one attached hydrogen (secondary N) is 3. The normalized spacial score (nSPS) is 19.2. The van der Waals surface area contributed by atoms with Gasteiger partial charge in [-0.1, -0.05) is 23.7 Å². The van der Waals surface area contributed by atoms with Crippen LogP contribution in [0, 0.1) is 0 Å². The molecule has 1 unspecified atom stereocenters. The van der Waals surface area contributed by atoms with E-state index in [9.17, 15) is 9.59 Å². The molecular weight excluding hydrogens is 254 g/mol. The fourth-order valence-electron chi connectivity index (χ4n) is 1.89. The van der Waals surface area contributed by atoms with Gasteiger partial charge >= 0.3 is 0 Å². The Kier molecular flexibility index (Phi) is 4.17. The Morgan fingerprint density at radius 3 is 2.94 bits per heavy atom. The molecule has 1 aromatic rings. The van der Waals surface area contributed by atoms with Gasteiger partial charge < -0.3 is 15.5 Å². The van der Waals surface area contributed by atoms with Crippen LogP contribution in [0.25, 0.3) is 0 Å². The summed E-state index contributed by atoms with van der Waals surface area (Å²) in [5, 5.41) is 5.99. The average Bonchev–Trinajstić information content (AvgIpc) is 2.32. The van der Waals surface area contributed by atoms with E-state index in [0.29, 0.717) is 23.8 Å². The summed E-state index contributed by atoms with van der Waals surface area (Å²) in [6.07, 6.45) is 0. The van der Waals surface area contributed by atoms with Gasteiger partial charge in [0.05, 0.1) is 23.8 Å². The molecular formula is C12H15ClN3O2+. The van der Waals surface area contributed by atoms with Crippen LogP contribution in [0.1, 0.15) is 0 Å². The van der Waals surface area contributed by atoms with Gasteiger partial charge in [0.15, 0.2) is 13.1 Å². The first-order valence-electron chi connectivity index (χ1n) is 5.80. The fourth-order valence-corrected chi connectivity index (χ4v) is 2.07. The summed E-state index contributed by atoms with van der Waals surface area (Å²) in [6.45, 7) is 2.00. The van der Waals surface area contributed by atoms with E-state index in [1.807, 2.05) is 6.07 Å². The van der Waals surface area contributed by atoms with E-state index in [4.69, 9.17) is 11.6 Å². The van der Waals surface area contributed by atoms with Gasteiger partial charge in [-0.05, 0) is 12.1 Å². The zero-order valence-corrected chi connectivity index (χ0v) is 10.6. The van der Waals surface area contributed by atoms with Crippen molar-refractivity contribution in [2.24, 2.45) is 0 Å². The van der Waals surface area contributed by atoms with Crippen LogP contribution in [0.5, 0.6) is 0 Å². The topological polar surface area (TPSA) is 62.6 Å². The minimum atomic E-state index is -0.132. The van der Waals surface area contributed by atoms with Crippen molar-refractivity contribution in [2.75, 3.05) is 31.5 Å². The monoisotopic (exact) mass is 268 g/mol. The molecule has 1 aliphatic rings. The maximum absolute atomic E-state index is 11.8. The summed E-state index contributed by atoms with van der Waals surface area (Å²) in [6, 6.07) is 7.08. The molecule has 1 aromatic carbocycles. The van der Waals surface area contributed by atoms with E-state index >= 15 is 0 Å². The smallest absolute Gasteiger partial charge is 0.279 e. The number of rotatable bonds is 3. The lowest BCUT2D eigenvalue weighted by atomic mass is 10.3. The lowest BCUT2D eigenvalue weighted by molar-refractivity contribution is -0.885. The van der Waals surface area contributed by atoms with Crippen molar-refractivity contribution in [3.63, 3.8) is 0 Å². The second kappa shape index (κ2) is 5.84. The maximum atomic E-state index is 11.8. The highest BCUT2D eigenvalue weighted by Crippen LogP contribution is 2.19. The number of para-hydroxylation sites is 1. The number of carbonyl (C=O) groups excluding carboxylic acids is 2. The second-order valence-corrected chi connectivity index (χ2v) is 4.64. The number of benzene rings is 1. The third-order valence-electron chi connectivity index (χ3n) is 2.77. The molecule has 96 valence electrons. The minimum absolute atomic E-state index is 0.0122. The van der Waals surface area contributed by atoms with Gasteiger partial charge in [0.2, 0.25) is 0 Å². The number of amides is 2.